The van der Waals surface area contributed by atoms with Gasteiger partial charge in [0.15, 0.2) is 5.43 Å². The second kappa shape index (κ2) is 5.36. The van der Waals surface area contributed by atoms with Crippen molar-refractivity contribution in [3.05, 3.63) is 68.3 Å². The van der Waals surface area contributed by atoms with Gasteiger partial charge in [0.1, 0.15) is 11.4 Å². The molecule has 98 valence electrons. The van der Waals surface area contributed by atoms with Crippen LogP contribution in [-0.2, 0) is 6.54 Å². The maximum absolute atomic E-state index is 13.4. The molecule has 0 saturated heterocycles. The van der Waals surface area contributed by atoms with Crippen LogP contribution in [0.3, 0.4) is 0 Å². The topological polar surface area (TPSA) is 59.3 Å². The minimum atomic E-state index is -1.28. The summed E-state index contributed by atoms with van der Waals surface area (Å²) in [6.45, 7) is 0.263. The number of aromatic carboxylic acids is 1. The number of hydrogen-bond donors (Lipinski definition) is 1. The third-order valence-corrected chi connectivity index (χ3v) is 3.48. The first kappa shape index (κ1) is 13.5. The molecule has 0 fully saturated rings. The van der Waals surface area contributed by atoms with Gasteiger partial charge in [-0.15, -0.1) is 0 Å². The number of carboxylic acids is 1. The predicted molar refractivity (Wildman–Crippen MR) is 70.9 cm³/mol. The summed E-state index contributed by atoms with van der Waals surface area (Å²) >= 11 is 3.13. The highest BCUT2D eigenvalue weighted by molar-refractivity contribution is 9.10. The second-order valence-electron chi connectivity index (χ2n) is 3.91. The molecular weight excluding hydrogens is 317 g/mol. The fourth-order valence-corrected chi connectivity index (χ4v) is 2.04. The van der Waals surface area contributed by atoms with Crippen molar-refractivity contribution in [2.24, 2.45) is 0 Å². The maximum atomic E-state index is 13.4. The lowest BCUT2D eigenvalue weighted by atomic mass is 10.2. The van der Waals surface area contributed by atoms with E-state index in [1.54, 1.807) is 12.1 Å². The van der Waals surface area contributed by atoms with Gasteiger partial charge in [-0.3, -0.25) is 4.79 Å². The molecular formula is C13H9BrFNO3. The molecule has 0 spiro atoms. The Morgan fingerprint density at radius 2 is 2.11 bits per heavy atom. The highest BCUT2D eigenvalue weighted by Gasteiger charge is 2.10. The zero-order chi connectivity index (χ0) is 14.0. The van der Waals surface area contributed by atoms with E-state index in [9.17, 15) is 14.0 Å². The molecule has 1 N–H and O–H groups in total. The van der Waals surface area contributed by atoms with E-state index >= 15 is 0 Å². The van der Waals surface area contributed by atoms with Crippen LogP contribution in [0, 0.1) is 5.82 Å². The molecule has 1 aromatic carbocycles. The van der Waals surface area contributed by atoms with Crippen LogP contribution < -0.4 is 5.43 Å². The SMILES string of the molecule is O=C(O)c1cn(Cc2cccc(F)c2Br)ccc1=O. The van der Waals surface area contributed by atoms with Gasteiger partial charge in [-0.05, 0) is 27.6 Å². The Kier molecular flexibility index (Phi) is 3.80. The van der Waals surface area contributed by atoms with E-state index in [2.05, 4.69) is 15.9 Å². The van der Waals surface area contributed by atoms with Crippen molar-refractivity contribution in [3.63, 3.8) is 0 Å². The average Bonchev–Trinajstić information content (AvgIpc) is 2.37. The molecule has 0 aliphatic carbocycles. The molecule has 2 aromatic rings. The van der Waals surface area contributed by atoms with E-state index < -0.39 is 17.2 Å². The summed E-state index contributed by atoms with van der Waals surface area (Å²) in [6.07, 6.45) is 2.70. The fraction of sp³-hybridized carbons (Fsp3) is 0.0769. The highest BCUT2D eigenvalue weighted by Crippen LogP contribution is 2.21. The third-order valence-electron chi connectivity index (χ3n) is 2.59. The molecule has 6 heteroatoms. The van der Waals surface area contributed by atoms with Crippen LogP contribution in [0.4, 0.5) is 4.39 Å². The standard InChI is InChI=1S/C13H9BrFNO3/c14-12-8(2-1-3-10(12)15)6-16-5-4-11(17)9(7-16)13(18)19/h1-5,7H,6H2,(H,18,19). The molecule has 19 heavy (non-hydrogen) atoms. The Morgan fingerprint density at radius 1 is 1.37 bits per heavy atom. The Hall–Kier alpha value is -1.95. The van der Waals surface area contributed by atoms with E-state index in [1.807, 2.05) is 0 Å². The van der Waals surface area contributed by atoms with Gasteiger partial charge >= 0.3 is 5.97 Å². The van der Waals surface area contributed by atoms with Crippen molar-refractivity contribution in [1.29, 1.82) is 0 Å². The second-order valence-corrected chi connectivity index (χ2v) is 4.71. The van der Waals surface area contributed by atoms with Crippen LogP contribution in [-0.4, -0.2) is 15.6 Å². The van der Waals surface area contributed by atoms with Crippen LogP contribution in [0.15, 0.2) is 45.9 Å². The first-order valence-corrected chi connectivity index (χ1v) is 6.14. The van der Waals surface area contributed by atoms with Crippen LogP contribution in [0.2, 0.25) is 0 Å². The molecule has 1 aromatic heterocycles. The summed E-state index contributed by atoms with van der Waals surface area (Å²) < 4.78 is 15.2. The van der Waals surface area contributed by atoms with Crippen molar-refractivity contribution in [1.82, 2.24) is 4.57 Å². The molecule has 1 heterocycles. The largest absolute Gasteiger partial charge is 0.477 e. The lowest BCUT2D eigenvalue weighted by Crippen LogP contribution is -2.17. The number of rotatable bonds is 3. The molecule has 0 saturated carbocycles. The quantitative estimate of drug-likeness (QED) is 0.943. The van der Waals surface area contributed by atoms with Crippen LogP contribution >= 0.6 is 15.9 Å². The Morgan fingerprint density at radius 3 is 2.79 bits per heavy atom. The number of halogens is 2. The van der Waals surface area contributed by atoms with E-state index in [4.69, 9.17) is 5.11 Å². The smallest absolute Gasteiger partial charge is 0.341 e. The van der Waals surface area contributed by atoms with Crippen LogP contribution in [0.1, 0.15) is 15.9 Å². The maximum Gasteiger partial charge on any atom is 0.341 e. The lowest BCUT2D eigenvalue weighted by Gasteiger charge is -2.09. The molecule has 0 bridgehead atoms. The summed E-state index contributed by atoms with van der Waals surface area (Å²) in [5.74, 6) is -1.67. The number of pyridine rings is 1. The molecule has 0 aliphatic heterocycles. The van der Waals surface area contributed by atoms with E-state index in [-0.39, 0.29) is 12.1 Å². The fourth-order valence-electron chi connectivity index (χ4n) is 1.65. The molecule has 0 amide bonds. The molecule has 0 unspecified atom stereocenters. The minimum absolute atomic E-state index is 0.263. The van der Waals surface area contributed by atoms with Crippen molar-refractivity contribution < 1.29 is 14.3 Å². The number of aromatic nitrogens is 1. The first-order valence-electron chi connectivity index (χ1n) is 5.35. The number of carbonyl (C=O) groups is 1. The minimum Gasteiger partial charge on any atom is -0.477 e. The van der Waals surface area contributed by atoms with Gasteiger partial charge in [0.25, 0.3) is 0 Å². The van der Waals surface area contributed by atoms with Gasteiger partial charge in [0.2, 0.25) is 0 Å². The molecule has 0 radical (unpaired) electrons. The summed E-state index contributed by atoms with van der Waals surface area (Å²) in [6, 6.07) is 5.78. The van der Waals surface area contributed by atoms with Gasteiger partial charge < -0.3 is 9.67 Å². The van der Waals surface area contributed by atoms with Crippen molar-refractivity contribution >= 4 is 21.9 Å². The van der Waals surface area contributed by atoms with Crippen molar-refractivity contribution in [2.75, 3.05) is 0 Å². The van der Waals surface area contributed by atoms with E-state index in [1.165, 1.54) is 29.1 Å². The average molecular weight is 326 g/mol. The normalized spacial score (nSPS) is 10.4. The lowest BCUT2D eigenvalue weighted by molar-refractivity contribution is 0.0694. The summed E-state index contributed by atoms with van der Waals surface area (Å²) in [4.78, 5) is 22.2. The van der Waals surface area contributed by atoms with E-state index in [0.29, 0.717) is 10.0 Å². The summed E-state index contributed by atoms with van der Waals surface area (Å²) in [7, 11) is 0. The van der Waals surface area contributed by atoms with Gasteiger partial charge in [-0.2, -0.15) is 0 Å². The predicted octanol–water partition coefficient (Wildman–Crippen LogP) is 2.50. The van der Waals surface area contributed by atoms with Crippen LogP contribution in [0.25, 0.3) is 0 Å². The molecule has 0 aliphatic rings. The van der Waals surface area contributed by atoms with Gasteiger partial charge in [0, 0.05) is 25.0 Å². The third kappa shape index (κ3) is 2.90. The number of benzene rings is 1. The zero-order valence-electron chi connectivity index (χ0n) is 9.64. The highest BCUT2D eigenvalue weighted by atomic mass is 79.9. The van der Waals surface area contributed by atoms with Crippen LogP contribution in [0.5, 0.6) is 0 Å². The number of carboxylic acid groups (broad SMARTS) is 1. The van der Waals surface area contributed by atoms with Gasteiger partial charge in [-0.1, -0.05) is 12.1 Å². The zero-order valence-corrected chi connectivity index (χ0v) is 11.2. The first-order chi connectivity index (χ1) is 8.99. The molecule has 0 atom stereocenters. The Labute approximate surface area is 116 Å². The van der Waals surface area contributed by atoms with E-state index in [0.717, 1.165) is 0 Å². The van der Waals surface area contributed by atoms with Crippen molar-refractivity contribution in [3.8, 4) is 0 Å². The Bertz CT molecular complexity index is 697. The summed E-state index contributed by atoms with van der Waals surface area (Å²) in [5.41, 5.74) is -0.211. The summed E-state index contributed by atoms with van der Waals surface area (Å²) in [5, 5.41) is 8.87. The van der Waals surface area contributed by atoms with Gasteiger partial charge in [-0.25, -0.2) is 9.18 Å². The van der Waals surface area contributed by atoms with Gasteiger partial charge in [0.05, 0.1) is 4.47 Å². The van der Waals surface area contributed by atoms with Crippen molar-refractivity contribution in [2.45, 2.75) is 6.54 Å². The molecule has 4 nitrogen and oxygen atoms in total. The Balaban J connectivity index is 2.39. The monoisotopic (exact) mass is 325 g/mol. The molecule has 2 rings (SSSR count). The number of nitrogens with zero attached hydrogens (tertiary/aromatic N) is 1. The number of hydrogen-bond acceptors (Lipinski definition) is 2.